The summed E-state index contributed by atoms with van der Waals surface area (Å²) in [6.07, 6.45) is 55.3. The highest BCUT2D eigenvalue weighted by molar-refractivity contribution is 7.47. The molecule has 3 N–H and O–H groups in total. The quantitative estimate of drug-likeness (QED) is 0.0222. The van der Waals surface area contributed by atoms with Crippen LogP contribution in [0, 0.1) is 23.7 Å². The fraction of sp³-hybridized carbons (Fsp3) is 0.950. The zero-order valence-electron chi connectivity index (χ0n) is 65.1. The zero-order valence-corrected chi connectivity index (χ0v) is 66.9. The number of carbonyl (C=O) groups excluding carboxylic acids is 4. The minimum absolute atomic E-state index is 0.105. The molecule has 0 bridgehead atoms. The maximum absolute atomic E-state index is 13.1. The number of hydrogen-bond donors (Lipinski definition) is 3. The second-order valence-electron chi connectivity index (χ2n) is 30.2. The third-order valence-electron chi connectivity index (χ3n) is 19.3. The van der Waals surface area contributed by atoms with Crippen molar-refractivity contribution in [1.82, 2.24) is 0 Å². The van der Waals surface area contributed by atoms with Crippen molar-refractivity contribution < 1.29 is 80.2 Å². The summed E-state index contributed by atoms with van der Waals surface area (Å²) < 4.78 is 68.7. The Morgan fingerprint density at radius 3 is 0.717 bits per heavy atom. The molecule has 0 saturated heterocycles. The largest absolute Gasteiger partial charge is 0.472 e. The summed E-state index contributed by atoms with van der Waals surface area (Å²) in [6, 6.07) is 0. The molecule has 0 aliphatic heterocycles. The second kappa shape index (κ2) is 69.1. The van der Waals surface area contributed by atoms with Crippen molar-refractivity contribution in [2.45, 2.75) is 427 Å². The number of aliphatic hydroxyl groups is 1. The summed E-state index contributed by atoms with van der Waals surface area (Å²) in [5.74, 6) is 1.05. The van der Waals surface area contributed by atoms with Crippen LogP contribution in [0.25, 0.3) is 0 Å². The normalized spacial score (nSPS) is 14.6. The third kappa shape index (κ3) is 71.5. The van der Waals surface area contributed by atoms with Gasteiger partial charge in [0.25, 0.3) is 0 Å². The summed E-state index contributed by atoms with van der Waals surface area (Å²) in [5, 5.41) is 10.6. The first-order valence-electron chi connectivity index (χ1n) is 41.3. The molecule has 0 aromatic carbocycles. The van der Waals surface area contributed by atoms with Gasteiger partial charge in [0.1, 0.15) is 19.3 Å². The van der Waals surface area contributed by atoms with E-state index in [0.29, 0.717) is 25.7 Å². The Kier molecular flexibility index (Phi) is 67.8. The molecule has 99 heavy (non-hydrogen) atoms. The number of ether oxygens (including phenoxy) is 4. The van der Waals surface area contributed by atoms with Crippen LogP contribution < -0.4 is 0 Å². The van der Waals surface area contributed by atoms with Gasteiger partial charge in [0.15, 0.2) is 12.2 Å². The highest BCUT2D eigenvalue weighted by Crippen LogP contribution is 2.45. The molecule has 0 fully saturated rings. The fourth-order valence-electron chi connectivity index (χ4n) is 12.2. The molecule has 7 atom stereocenters. The predicted octanol–water partition coefficient (Wildman–Crippen LogP) is 23.6. The first-order valence-corrected chi connectivity index (χ1v) is 44.3. The van der Waals surface area contributed by atoms with Crippen molar-refractivity contribution >= 4 is 39.5 Å². The van der Waals surface area contributed by atoms with Crippen LogP contribution in [-0.2, 0) is 65.4 Å². The molecule has 0 aliphatic carbocycles. The molecule has 0 aromatic heterocycles. The lowest BCUT2D eigenvalue weighted by Crippen LogP contribution is -2.30. The van der Waals surface area contributed by atoms with Crippen molar-refractivity contribution in [2.75, 3.05) is 39.6 Å². The highest BCUT2D eigenvalue weighted by Gasteiger charge is 2.30. The molecule has 0 spiro atoms. The molecular weight excluding hydrogens is 1290 g/mol. The first-order chi connectivity index (χ1) is 47.7. The van der Waals surface area contributed by atoms with Crippen LogP contribution in [0.2, 0.25) is 0 Å². The number of unbranched alkanes of at least 4 members (excludes halogenated alkanes) is 41. The van der Waals surface area contributed by atoms with Gasteiger partial charge in [-0.1, -0.05) is 357 Å². The van der Waals surface area contributed by atoms with Crippen molar-refractivity contribution in [2.24, 2.45) is 23.7 Å². The number of esters is 4. The summed E-state index contributed by atoms with van der Waals surface area (Å²) in [4.78, 5) is 73.0. The van der Waals surface area contributed by atoms with Crippen LogP contribution in [0.4, 0.5) is 0 Å². The SMILES string of the molecule is CCC(C)CCCCCCCCCCCCCCCCC(=O)O[C@H](COC(=O)CCCCCCCCCCCCCCCC(C)C)COP(=O)(O)OC[C@@H](O)COP(=O)(O)OC[C@@H](COC(=O)CCCCCCCCCCC(C)C)OC(=O)CCCCCCCCCCCCC(C)CC. The lowest BCUT2D eigenvalue weighted by Gasteiger charge is -2.21. The lowest BCUT2D eigenvalue weighted by atomic mass is 9.99. The average Bonchev–Trinajstić information content (AvgIpc) is 1.09. The molecule has 4 unspecified atom stereocenters. The zero-order chi connectivity index (χ0) is 73.1. The monoisotopic (exact) mass is 1450 g/mol. The van der Waals surface area contributed by atoms with Gasteiger partial charge in [-0.3, -0.25) is 37.3 Å². The first kappa shape index (κ1) is 97.1. The number of carbonyl (C=O) groups is 4. The summed E-state index contributed by atoms with van der Waals surface area (Å²) in [6.45, 7) is 14.3. The Balaban J connectivity index is 5.27. The Morgan fingerprint density at radius 1 is 0.283 bits per heavy atom. The third-order valence-corrected chi connectivity index (χ3v) is 21.2. The van der Waals surface area contributed by atoms with E-state index in [2.05, 4.69) is 55.4 Å². The van der Waals surface area contributed by atoms with E-state index in [1.54, 1.807) is 0 Å². The number of phosphoric acid groups is 2. The highest BCUT2D eigenvalue weighted by atomic mass is 31.2. The molecule has 0 rings (SSSR count). The van der Waals surface area contributed by atoms with Crippen LogP contribution in [0.1, 0.15) is 409 Å². The van der Waals surface area contributed by atoms with Crippen molar-refractivity contribution in [3.63, 3.8) is 0 Å². The van der Waals surface area contributed by atoms with Gasteiger partial charge in [-0.05, 0) is 49.4 Å². The summed E-state index contributed by atoms with van der Waals surface area (Å²) >= 11 is 0. The maximum Gasteiger partial charge on any atom is 0.472 e. The Bertz CT molecular complexity index is 1940. The van der Waals surface area contributed by atoms with Gasteiger partial charge in [0.2, 0.25) is 0 Å². The molecule has 17 nitrogen and oxygen atoms in total. The Morgan fingerprint density at radius 2 is 0.485 bits per heavy atom. The van der Waals surface area contributed by atoms with Gasteiger partial charge in [-0.25, -0.2) is 9.13 Å². The second-order valence-corrected chi connectivity index (χ2v) is 33.1. The van der Waals surface area contributed by atoms with Crippen LogP contribution in [0.5, 0.6) is 0 Å². The van der Waals surface area contributed by atoms with Gasteiger partial charge in [-0.2, -0.15) is 0 Å². The number of aliphatic hydroxyl groups excluding tert-OH is 1. The maximum atomic E-state index is 13.1. The van der Waals surface area contributed by atoms with Gasteiger partial charge >= 0.3 is 39.5 Å². The van der Waals surface area contributed by atoms with Gasteiger partial charge in [0, 0.05) is 25.7 Å². The molecule has 0 saturated carbocycles. The minimum Gasteiger partial charge on any atom is -0.462 e. The topological polar surface area (TPSA) is 237 Å². The molecule has 0 amide bonds. The molecule has 588 valence electrons. The van der Waals surface area contributed by atoms with Gasteiger partial charge in [0.05, 0.1) is 26.4 Å². The molecular formula is C80H156O17P2. The number of rotatable bonds is 77. The van der Waals surface area contributed by atoms with E-state index in [1.807, 2.05) is 0 Å². The van der Waals surface area contributed by atoms with E-state index >= 15 is 0 Å². The lowest BCUT2D eigenvalue weighted by molar-refractivity contribution is -0.161. The van der Waals surface area contributed by atoms with E-state index in [0.717, 1.165) is 114 Å². The molecule has 19 heteroatoms. The minimum atomic E-state index is -4.96. The van der Waals surface area contributed by atoms with E-state index < -0.39 is 97.5 Å². The van der Waals surface area contributed by atoms with Gasteiger partial charge < -0.3 is 33.8 Å². The molecule has 0 heterocycles. The Hall–Kier alpha value is -1.94. The van der Waals surface area contributed by atoms with Crippen LogP contribution in [0.15, 0.2) is 0 Å². The van der Waals surface area contributed by atoms with Crippen LogP contribution >= 0.6 is 15.6 Å². The van der Waals surface area contributed by atoms with Crippen LogP contribution in [0.3, 0.4) is 0 Å². The molecule has 0 aliphatic rings. The van der Waals surface area contributed by atoms with Crippen LogP contribution in [-0.4, -0.2) is 96.7 Å². The van der Waals surface area contributed by atoms with Crippen molar-refractivity contribution in [1.29, 1.82) is 0 Å². The van der Waals surface area contributed by atoms with E-state index in [-0.39, 0.29) is 25.7 Å². The standard InChI is InChI=1S/C80H156O17P2/c1-9-72(7)58-50-42-34-25-19-15-11-12-16-21-28-38-46-54-62-79(84)96-75(66-90-77(82)60-52-44-36-27-20-17-13-14-18-24-32-40-48-56-70(3)4)68-94-98(86,87)92-64-74(81)65-93-99(88,89)95-69-76(67-91-78(83)61-53-45-37-31-30-33-41-49-57-71(5)6)97-80(85)63-55-47-39-29-23-22-26-35-43-51-59-73(8)10-2/h70-76,81H,9-69H2,1-8H3,(H,86,87)(H,88,89)/t72?,73?,74-,75-,76-/m1/s1. The summed E-state index contributed by atoms with van der Waals surface area (Å²) in [7, 11) is -9.92. The predicted molar refractivity (Wildman–Crippen MR) is 404 cm³/mol. The average molecular weight is 1450 g/mol. The van der Waals surface area contributed by atoms with E-state index in [1.165, 1.54) is 212 Å². The van der Waals surface area contributed by atoms with E-state index in [9.17, 15) is 43.2 Å². The Labute approximate surface area is 607 Å². The smallest absolute Gasteiger partial charge is 0.462 e. The number of hydrogen-bond acceptors (Lipinski definition) is 15. The van der Waals surface area contributed by atoms with Crippen molar-refractivity contribution in [3.05, 3.63) is 0 Å². The number of phosphoric ester groups is 2. The van der Waals surface area contributed by atoms with E-state index in [4.69, 9.17) is 37.0 Å². The van der Waals surface area contributed by atoms with Gasteiger partial charge in [-0.15, -0.1) is 0 Å². The fourth-order valence-corrected chi connectivity index (χ4v) is 13.8. The molecule has 0 radical (unpaired) electrons. The summed E-state index contributed by atoms with van der Waals surface area (Å²) in [5.41, 5.74) is 0. The molecule has 0 aromatic rings. The van der Waals surface area contributed by atoms with Crippen molar-refractivity contribution in [3.8, 4) is 0 Å².